The summed E-state index contributed by atoms with van der Waals surface area (Å²) in [5.74, 6) is 0.102. The number of carbonyl (C=O) groups is 1. The van der Waals surface area contributed by atoms with Crippen molar-refractivity contribution in [2.75, 3.05) is 33.2 Å². The summed E-state index contributed by atoms with van der Waals surface area (Å²) in [5, 5.41) is 0. The van der Waals surface area contributed by atoms with Gasteiger partial charge in [0.25, 0.3) is 0 Å². The average molecular weight is 221 g/mol. The molecule has 0 atom stereocenters. The molecule has 1 saturated heterocycles. The van der Waals surface area contributed by atoms with Crippen molar-refractivity contribution in [2.24, 2.45) is 0 Å². The number of aromatic nitrogens is 1. The number of aromatic amines is 1. The molecule has 1 fully saturated rings. The van der Waals surface area contributed by atoms with Gasteiger partial charge in [-0.15, -0.1) is 0 Å². The maximum absolute atomic E-state index is 11.1. The zero-order valence-corrected chi connectivity index (χ0v) is 9.99. The molecular formula is C12H19N3O. The van der Waals surface area contributed by atoms with Crippen LogP contribution in [0.2, 0.25) is 0 Å². The number of likely N-dealkylation sites (N-methyl/N-ethyl adjacent to an activating group) is 1. The molecule has 0 saturated carbocycles. The Balaban J connectivity index is 1.91. The molecule has 0 aromatic carbocycles. The minimum atomic E-state index is 0.102. The molecule has 16 heavy (non-hydrogen) atoms. The Morgan fingerprint density at radius 2 is 2.06 bits per heavy atom. The smallest absolute Gasteiger partial charge is 0.175 e. The Bertz CT molecular complexity index is 364. The highest BCUT2D eigenvalue weighted by Gasteiger charge is 2.14. The van der Waals surface area contributed by atoms with Crippen LogP contribution in [0, 0.1) is 0 Å². The van der Waals surface area contributed by atoms with Crippen molar-refractivity contribution in [3.8, 4) is 0 Å². The van der Waals surface area contributed by atoms with Crippen molar-refractivity contribution in [1.29, 1.82) is 0 Å². The van der Waals surface area contributed by atoms with Crippen LogP contribution in [0.5, 0.6) is 0 Å². The van der Waals surface area contributed by atoms with Crippen molar-refractivity contribution in [3.63, 3.8) is 0 Å². The van der Waals surface area contributed by atoms with Gasteiger partial charge >= 0.3 is 0 Å². The van der Waals surface area contributed by atoms with Gasteiger partial charge in [-0.25, -0.2) is 0 Å². The molecule has 0 amide bonds. The molecule has 4 heteroatoms. The predicted molar refractivity (Wildman–Crippen MR) is 63.6 cm³/mol. The van der Waals surface area contributed by atoms with Gasteiger partial charge in [-0.05, 0) is 18.7 Å². The zero-order valence-electron chi connectivity index (χ0n) is 9.99. The largest absolute Gasteiger partial charge is 0.358 e. The first-order valence-corrected chi connectivity index (χ1v) is 5.74. The molecule has 1 N–H and O–H groups in total. The molecule has 0 bridgehead atoms. The summed E-state index contributed by atoms with van der Waals surface area (Å²) in [6.07, 6.45) is 1.94. The third-order valence-electron chi connectivity index (χ3n) is 3.12. The van der Waals surface area contributed by atoms with Gasteiger partial charge in [-0.1, -0.05) is 0 Å². The summed E-state index contributed by atoms with van der Waals surface area (Å²) in [4.78, 5) is 18.9. The van der Waals surface area contributed by atoms with E-state index in [1.165, 1.54) is 5.56 Å². The first kappa shape index (κ1) is 11.4. The standard InChI is InChI=1S/C12H19N3O/c1-10(16)12-7-11(8-13-12)9-15-5-3-14(2)4-6-15/h7-8,13H,3-6,9H2,1-2H3. The number of hydrogen-bond acceptors (Lipinski definition) is 3. The van der Waals surface area contributed by atoms with Gasteiger partial charge in [0.05, 0.1) is 5.69 Å². The number of nitrogens with one attached hydrogen (secondary N) is 1. The van der Waals surface area contributed by atoms with Crippen LogP contribution in [-0.4, -0.2) is 53.8 Å². The third kappa shape index (κ3) is 2.71. The molecule has 1 aliphatic heterocycles. The molecule has 1 aliphatic rings. The summed E-state index contributed by atoms with van der Waals surface area (Å²) in [7, 11) is 2.15. The topological polar surface area (TPSA) is 39.3 Å². The quantitative estimate of drug-likeness (QED) is 0.773. The van der Waals surface area contributed by atoms with E-state index in [4.69, 9.17) is 0 Å². The van der Waals surface area contributed by atoms with Gasteiger partial charge in [0.1, 0.15) is 0 Å². The fraction of sp³-hybridized carbons (Fsp3) is 0.583. The van der Waals surface area contributed by atoms with Crippen LogP contribution >= 0.6 is 0 Å². The zero-order chi connectivity index (χ0) is 11.5. The molecule has 1 aromatic rings. The van der Waals surface area contributed by atoms with Crippen molar-refractivity contribution >= 4 is 5.78 Å². The summed E-state index contributed by atoms with van der Waals surface area (Å²) < 4.78 is 0. The van der Waals surface area contributed by atoms with E-state index in [1.54, 1.807) is 6.92 Å². The highest BCUT2D eigenvalue weighted by atomic mass is 16.1. The van der Waals surface area contributed by atoms with Crippen LogP contribution < -0.4 is 0 Å². The lowest BCUT2D eigenvalue weighted by Gasteiger charge is -2.32. The lowest BCUT2D eigenvalue weighted by Crippen LogP contribution is -2.43. The second kappa shape index (κ2) is 4.80. The molecule has 88 valence electrons. The van der Waals surface area contributed by atoms with Crippen molar-refractivity contribution in [2.45, 2.75) is 13.5 Å². The molecule has 4 nitrogen and oxygen atoms in total. The third-order valence-corrected chi connectivity index (χ3v) is 3.12. The van der Waals surface area contributed by atoms with E-state index >= 15 is 0 Å². The Morgan fingerprint density at radius 3 is 2.62 bits per heavy atom. The number of Topliss-reactive ketones (excluding diaryl/α,β-unsaturated/α-hetero) is 1. The van der Waals surface area contributed by atoms with Crippen LogP contribution in [0.1, 0.15) is 23.0 Å². The van der Waals surface area contributed by atoms with E-state index in [9.17, 15) is 4.79 Å². The van der Waals surface area contributed by atoms with Gasteiger partial charge in [0.2, 0.25) is 0 Å². The second-order valence-electron chi connectivity index (χ2n) is 4.56. The summed E-state index contributed by atoms with van der Waals surface area (Å²) in [6.45, 7) is 7.01. The molecule has 0 aliphatic carbocycles. The SMILES string of the molecule is CC(=O)c1cc(CN2CCN(C)CC2)c[nH]1. The fourth-order valence-electron chi connectivity index (χ4n) is 2.00. The lowest BCUT2D eigenvalue weighted by atomic mass is 10.2. The number of ketones is 1. The number of rotatable bonds is 3. The number of piperazine rings is 1. The maximum atomic E-state index is 11.1. The lowest BCUT2D eigenvalue weighted by molar-refractivity contribution is 0.101. The second-order valence-corrected chi connectivity index (χ2v) is 4.56. The Morgan fingerprint density at radius 1 is 1.38 bits per heavy atom. The normalized spacial score (nSPS) is 18.9. The van der Waals surface area contributed by atoms with Gasteiger partial charge in [0, 0.05) is 45.8 Å². The average Bonchev–Trinajstić information content (AvgIpc) is 2.70. The first-order chi connectivity index (χ1) is 7.65. The number of nitrogens with zero attached hydrogens (tertiary/aromatic N) is 2. The summed E-state index contributed by atoms with van der Waals surface area (Å²) >= 11 is 0. The van der Waals surface area contributed by atoms with Crippen LogP contribution in [0.4, 0.5) is 0 Å². The number of H-pyrrole nitrogens is 1. The molecule has 2 rings (SSSR count). The molecular weight excluding hydrogens is 202 g/mol. The number of hydrogen-bond donors (Lipinski definition) is 1. The first-order valence-electron chi connectivity index (χ1n) is 5.74. The molecule has 0 unspecified atom stereocenters. The molecule has 0 radical (unpaired) electrons. The summed E-state index contributed by atoms with van der Waals surface area (Å²) in [6, 6.07) is 1.96. The Hall–Kier alpha value is -1.13. The van der Waals surface area contributed by atoms with Gasteiger partial charge in [-0.3, -0.25) is 9.69 Å². The predicted octanol–water partition coefficient (Wildman–Crippen LogP) is 0.965. The maximum Gasteiger partial charge on any atom is 0.175 e. The van der Waals surface area contributed by atoms with E-state index in [-0.39, 0.29) is 5.78 Å². The molecule has 1 aromatic heterocycles. The highest BCUT2D eigenvalue weighted by molar-refractivity contribution is 5.92. The fourth-order valence-corrected chi connectivity index (χ4v) is 2.00. The van der Waals surface area contributed by atoms with Crippen LogP contribution in [0.15, 0.2) is 12.3 Å². The van der Waals surface area contributed by atoms with Crippen LogP contribution in [-0.2, 0) is 6.54 Å². The van der Waals surface area contributed by atoms with Gasteiger partial charge in [-0.2, -0.15) is 0 Å². The van der Waals surface area contributed by atoms with E-state index in [1.807, 2.05) is 12.3 Å². The van der Waals surface area contributed by atoms with Crippen molar-refractivity contribution in [3.05, 3.63) is 23.5 Å². The van der Waals surface area contributed by atoms with E-state index in [2.05, 4.69) is 21.8 Å². The van der Waals surface area contributed by atoms with Gasteiger partial charge < -0.3 is 9.88 Å². The van der Waals surface area contributed by atoms with Crippen molar-refractivity contribution < 1.29 is 4.79 Å². The van der Waals surface area contributed by atoms with Gasteiger partial charge in [0.15, 0.2) is 5.78 Å². The van der Waals surface area contributed by atoms with E-state index in [0.717, 1.165) is 32.7 Å². The van der Waals surface area contributed by atoms with E-state index < -0.39 is 0 Å². The van der Waals surface area contributed by atoms with Crippen LogP contribution in [0.3, 0.4) is 0 Å². The minimum Gasteiger partial charge on any atom is -0.358 e. The minimum absolute atomic E-state index is 0.102. The van der Waals surface area contributed by atoms with E-state index in [0.29, 0.717) is 5.69 Å². The number of carbonyl (C=O) groups excluding carboxylic acids is 1. The Kier molecular flexibility index (Phi) is 3.41. The highest BCUT2D eigenvalue weighted by Crippen LogP contribution is 2.09. The monoisotopic (exact) mass is 221 g/mol. The molecule has 2 heterocycles. The molecule has 0 spiro atoms. The Labute approximate surface area is 96.2 Å². The van der Waals surface area contributed by atoms with Crippen LogP contribution in [0.25, 0.3) is 0 Å². The summed E-state index contributed by atoms with van der Waals surface area (Å²) in [5.41, 5.74) is 1.92. The van der Waals surface area contributed by atoms with Crippen molar-refractivity contribution in [1.82, 2.24) is 14.8 Å².